The summed E-state index contributed by atoms with van der Waals surface area (Å²) in [6.45, 7) is 6.58. The molecular weight excluding hydrogens is 476 g/mol. The van der Waals surface area contributed by atoms with E-state index in [0.717, 1.165) is 38.0 Å². The Morgan fingerprint density at radius 1 is 0.526 bits per heavy atom. The van der Waals surface area contributed by atoms with Gasteiger partial charge in [-0.25, -0.2) is 0 Å². The van der Waals surface area contributed by atoms with E-state index in [1.165, 1.54) is 109 Å². The van der Waals surface area contributed by atoms with E-state index in [1.807, 2.05) is 0 Å². The Labute approximate surface area is 236 Å². The van der Waals surface area contributed by atoms with Crippen LogP contribution >= 0.6 is 0 Å². The van der Waals surface area contributed by atoms with E-state index in [1.54, 1.807) is 0 Å². The number of ether oxygens (including phenoxy) is 2. The van der Waals surface area contributed by atoms with Crippen LogP contribution in [0.15, 0.2) is 0 Å². The number of rotatable bonds is 29. The van der Waals surface area contributed by atoms with Crippen LogP contribution in [0, 0.1) is 5.92 Å². The second-order valence-corrected chi connectivity index (χ2v) is 11.8. The van der Waals surface area contributed by atoms with Crippen molar-refractivity contribution in [2.45, 2.75) is 181 Å². The van der Waals surface area contributed by atoms with Gasteiger partial charge in [0.2, 0.25) is 0 Å². The van der Waals surface area contributed by atoms with E-state index in [-0.39, 0.29) is 25.2 Å². The number of hydrogen-bond acceptors (Lipinski definition) is 5. The smallest absolute Gasteiger partial charge is 0.305 e. The number of unbranched alkanes of at least 4 members (excludes halogenated alkanes) is 19. The highest BCUT2D eigenvalue weighted by molar-refractivity contribution is 5.69. The van der Waals surface area contributed by atoms with Gasteiger partial charge in [-0.05, 0) is 18.8 Å². The molecule has 0 aromatic rings. The molecule has 0 radical (unpaired) electrons. The van der Waals surface area contributed by atoms with Gasteiger partial charge in [0.1, 0.15) is 19.3 Å². The number of carbonyl (C=O) groups excluding carboxylic acids is 2. The normalized spacial score (nSPS) is 12.1. The molecule has 1 N–H and O–H groups in total. The summed E-state index contributed by atoms with van der Waals surface area (Å²) in [5.41, 5.74) is 0. The van der Waals surface area contributed by atoms with E-state index in [4.69, 9.17) is 9.47 Å². The molecule has 0 rings (SSSR count). The van der Waals surface area contributed by atoms with E-state index >= 15 is 0 Å². The van der Waals surface area contributed by atoms with Crippen LogP contribution in [0.4, 0.5) is 0 Å². The van der Waals surface area contributed by atoms with Crippen LogP contribution in [-0.2, 0) is 19.1 Å². The molecule has 0 fully saturated rings. The number of aliphatic hydroxyl groups excluding tert-OH is 1. The lowest BCUT2D eigenvalue weighted by Crippen LogP contribution is -2.25. The lowest BCUT2D eigenvalue weighted by Gasteiger charge is -2.12. The van der Waals surface area contributed by atoms with Crippen LogP contribution in [0.2, 0.25) is 0 Å². The van der Waals surface area contributed by atoms with E-state index in [9.17, 15) is 14.7 Å². The molecule has 0 amide bonds. The van der Waals surface area contributed by atoms with Crippen molar-refractivity contribution >= 4 is 11.9 Å². The highest BCUT2D eigenvalue weighted by atomic mass is 16.6. The molecule has 0 aliphatic heterocycles. The molecule has 0 aliphatic carbocycles. The van der Waals surface area contributed by atoms with Gasteiger partial charge < -0.3 is 14.6 Å². The molecule has 0 bridgehead atoms. The van der Waals surface area contributed by atoms with Crippen molar-refractivity contribution in [3.63, 3.8) is 0 Å². The molecule has 0 aliphatic rings. The lowest BCUT2D eigenvalue weighted by molar-refractivity contribution is -0.152. The Balaban J connectivity index is 3.41. The van der Waals surface area contributed by atoms with Gasteiger partial charge in [0.15, 0.2) is 0 Å². The number of carbonyl (C=O) groups is 2. The highest BCUT2D eigenvalue weighted by Crippen LogP contribution is 2.14. The number of hydrogen-bond donors (Lipinski definition) is 1. The van der Waals surface area contributed by atoms with Gasteiger partial charge in [-0.15, -0.1) is 0 Å². The first-order chi connectivity index (χ1) is 18.5. The minimum atomic E-state index is -0.954. The third-order valence-corrected chi connectivity index (χ3v) is 7.27. The van der Waals surface area contributed by atoms with Crippen LogP contribution in [0.3, 0.4) is 0 Å². The summed E-state index contributed by atoms with van der Waals surface area (Å²) in [5.74, 6) is 0.235. The molecule has 38 heavy (non-hydrogen) atoms. The van der Waals surface area contributed by atoms with Gasteiger partial charge >= 0.3 is 11.9 Å². The van der Waals surface area contributed by atoms with Crippen molar-refractivity contribution in [3.05, 3.63) is 0 Å². The van der Waals surface area contributed by atoms with Gasteiger partial charge in [-0.3, -0.25) is 9.59 Å². The summed E-state index contributed by atoms with van der Waals surface area (Å²) in [6.07, 6.45) is 27.3. The summed E-state index contributed by atoms with van der Waals surface area (Å²) in [5, 5.41) is 9.93. The van der Waals surface area contributed by atoms with Crippen molar-refractivity contribution < 1.29 is 24.2 Å². The lowest BCUT2D eigenvalue weighted by atomic mass is 10.0. The Morgan fingerprint density at radius 2 is 0.842 bits per heavy atom. The first kappa shape index (κ1) is 36.9. The first-order valence-corrected chi connectivity index (χ1v) is 16.4. The summed E-state index contributed by atoms with van der Waals surface area (Å²) < 4.78 is 10.3. The molecule has 226 valence electrons. The molecule has 5 heteroatoms. The molecule has 1 atom stereocenters. The van der Waals surface area contributed by atoms with Gasteiger partial charge in [-0.1, -0.05) is 149 Å². The zero-order valence-electron chi connectivity index (χ0n) is 25.6. The standard InChI is InChI=1S/C33H64O5/c1-4-5-6-7-8-9-10-11-12-13-14-17-20-23-26-32(35)37-28-31(34)29-38-33(36)27-24-21-18-15-16-19-22-25-30(2)3/h30-31,34H,4-29H2,1-3H3/t31-/m0/s1. The molecule has 0 aromatic heterocycles. The monoisotopic (exact) mass is 540 g/mol. The SMILES string of the molecule is CCCCCCCCCCCCCCCCC(=O)OC[C@H](O)COC(=O)CCCCCCCCCC(C)C. The summed E-state index contributed by atoms with van der Waals surface area (Å²) in [6, 6.07) is 0. The average Bonchev–Trinajstić information content (AvgIpc) is 2.89. The molecule has 0 heterocycles. The van der Waals surface area contributed by atoms with Crippen LogP contribution in [0.25, 0.3) is 0 Å². The van der Waals surface area contributed by atoms with Crippen molar-refractivity contribution in [2.75, 3.05) is 13.2 Å². The maximum absolute atomic E-state index is 11.9. The Kier molecular flexibility index (Phi) is 28.1. The van der Waals surface area contributed by atoms with Crippen molar-refractivity contribution in [2.24, 2.45) is 5.92 Å². The molecule has 0 saturated carbocycles. The summed E-state index contributed by atoms with van der Waals surface area (Å²) in [7, 11) is 0. The quantitative estimate of drug-likeness (QED) is 0.0755. The fraction of sp³-hybridized carbons (Fsp3) is 0.939. The van der Waals surface area contributed by atoms with Gasteiger partial charge in [0, 0.05) is 12.8 Å². The first-order valence-electron chi connectivity index (χ1n) is 16.4. The second-order valence-electron chi connectivity index (χ2n) is 11.8. The van der Waals surface area contributed by atoms with Crippen LogP contribution in [0.5, 0.6) is 0 Å². The minimum Gasteiger partial charge on any atom is -0.463 e. The van der Waals surface area contributed by atoms with Crippen LogP contribution in [0.1, 0.15) is 175 Å². The molecule has 0 aromatic carbocycles. The zero-order valence-corrected chi connectivity index (χ0v) is 25.6. The number of aliphatic hydroxyl groups is 1. The fourth-order valence-corrected chi connectivity index (χ4v) is 4.74. The third kappa shape index (κ3) is 29.5. The predicted octanol–water partition coefficient (Wildman–Crippen LogP) is 9.47. The van der Waals surface area contributed by atoms with Crippen LogP contribution in [-0.4, -0.2) is 36.4 Å². The molecule has 0 unspecified atom stereocenters. The summed E-state index contributed by atoms with van der Waals surface area (Å²) in [4.78, 5) is 23.7. The Morgan fingerprint density at radius 3 is 1.18 bits per heavy atom. The maximum Gasteiger partial charge on any atom is 0.305 e. The largest absolute Gasteiger partial charge is 0.463 e. The number of esters is 2. The van der Waals surface area contributed by atoms with Crippen molar-refractivity contribution in [3.8, 4) is 0 Å². The molecule has 0 spiro atoms. The summed E-state index contributed by atoms with van der Waals surface area (Å²) >= 11 is 0. The molecule has 5 nitrogen and oxygen atoms in total. The Hall–Kier alpha value is -1.10. The topological polar surface area (TPSA) is 72.8 Å². The molecular formula is C33H64O5. The zero-order chi connectivity index (χ0) is 28.1. The predicted molar refractivity (Wildman–Crippen MR) is 159 cm³/mol. The Bertz CT molecular complexity index is 520. The van der Waals surface area contributed by atoms with E-state index in [0.29, 0.717) is 12.8 Å². The second kappa shape index (κ2) is 28.9. The van der Waals surface area contributed by atoms with Gasteiger partial charge in [-0.2, -0.15) is 0 Å². The average molecular weight is 541 g/mol. The maximum atomic E-state index is 11.9. The molecule has 0 saturated heterocycles. The van der Waals surface area contributed by atoms with Gasteiger partial charge in [0.25, 0.3) is 0 Å². The van der Waals surface area contributed by atoms with E-state index in [2.05, 4.69) is 20.8 Å². The van der Waals surface area contributed by atoms with Crippen LogP contribution < -0.4 is 0 Å². The van der Waals surface area contributed by atoms with E-state index < -0.39 is 6.10 Å². The van der Waals surface area contributed by atoms with Crippen molar-refractivity contribution in [1.82, 2.24) is 0 Å². The fourth-order valence-electron chi connectivity index (χ4n) is 4.74. The third-order valence-electron chi connectivity index (χ3n) is 7.27. The van der Waals surface area contributed by atoms with Gasteiger partial charge in [0.05, 0.1) is 0 Å². The van der Waals surface area contributed by atoms with Crippen molar-refractivity contribution in [1.29, 1.82) is 0 Å². The highest BCUT2D eigenvalue weighted by Gasteiger charge is 2.12. The minimum absolute atomic E-state index is 0.110.